The molecule has 366 valence electrons. The zero-order chi connectivity index (χ0) is 48.7. The van der Waals surface area contributed by atoms with Crippen molar-refractivity contribution in [2.45, 2.75) is 62.4 Å². The van der Waals surface area contributed by atoms with Crippen molar-refractivity contribution in [2.75, 3.05) is 52.5 Å². The number of hydrogen-bond donors (Lipinski definition) is 2. The summed E-state index contributed by atoms with van der Waals surface area (Å²) in [6, 6.07) is 63.2. The molecule has 2 N–H and O–H groups in total. The first-order chi connectivity index (χ1) is 35.5. The lowest BCUT2D eigenvalue weighted by atomic mass is 9.64. The fourth-order valence-electron chi connectivity index (χ4n) is 12.5. The number of rotatable bonds is 18. The molecule has 2 amide bonds. The maximum Gasteiger partial charge on any atom is 0.235 e. The Kier molecular flexibility index (Phi) is 14.1. The predicted molar refractivity (Wildman–Crippen MR) is 285 cm³/mol. The standard InChI is InChI=1S/C64H66N4O4/c69-61(63(53-13-5-1-6-14-53,54-15-7-2-8-16-54)57-31-37-67(45-57)35-29-47-25-27-59-51(41-47)33-39-71-59)65-43-49-21-23-50(24-22-49)44-66-62(70)64(55-17-9-3-10-18-55,56-19-11-4-12-20-56)58-32-38-68(46-58)36-30-48-26-28-60-52(42-48)34-40-72-60/h1-28,41-42,57-58H,29-40,43-46H2,(H,65,69)(H,66,70)/t57-,58-/m1/s1. The van der Waals surface area contributed by atoms with Crippen LogP contribution >= 0.6 is 0 Å². The Morgan fingerprint density at radius 1 is 0.458 bits per heavy atom. The topological polar surface area (TPSA) is 83.1 Å². The molecule has 72 heavy (non-hydrogen) atoms. The van der Waals surface area contributed by atoms with Crippen molar-refractivity contribution in [1.29, 1.82) is 0 Å². The fraction of sp³-hybridized carbons (Fsp3) is 0.312. The number of amides is 2. The van der Waals surface area contributed by atoms with Crippen molar-refractivity contribution in [3.8, 4) is 11.5 Å². The van der Waals surface area contributed by atoms with E-state index < -0.39 is 10.8 Å². The van der Waals surface area contributed by atoms with E-state index in [4.69, 9.17) is 9.47 Å². The summed E-state index contributed by atoms with van der Waals surface area (Å²) in [5.74, 6) is 2.21. The lowest BCUT2D eigenvalue weighted by Gasteiger charge is -2.39. The highest BCUT2D eigenvalue weighted by Gasteiger charge is 2.52. The van der Waals surface area contributed by atoms with Gasteiger partial charge in [0.2, 0.25) is 11.8 Å². The molecule has 0 unspecified atom stereocenters. The molecule has 4 aliphatic rings. The Bertz CT molecular complexity index is 2670. The van der Waals surface area contributed by atoms with Gasteiger partial charge in [-0.15, -0.1) is 0 Å². The maximum atomic E-state index is 15.3. The minimum Gasteiger partial charge on any atom is -0.493 e. The number of nitrogens with one attached hydrogen (secondary N) is 2. The third-order valence-electron chi connectivity index (χ3n) is 16.3. The molecular formula is C64H66N4O4. The number of likely N-dealkylation sites (tertiary alicyclic amines) is 2. The number of hydrogen-bond acceptors (Lipinski definition) is 6. The van der Waals surface area contributed by atoms with Crippen molar-refractivity contribution in [3.63, 3.8) is 0 Å². The number of fused-ring (bicyclic) bond motifs is 2. The van der Waals surface area contributed by atoms with Crippen molar-refractivity contribution in [3.05, 3.63) is 238 Å². The van der Waals surface area contributed by atoms with Crippen LogP contribution < -0.4 is 20.1 Å². The third kappa shape index (κ3) is 9.58. The third-order valence-corrected chi connectivity index (χ3v) is 16.3. The zero-order valence-electron chi connectivity index (χ0n) is 41.3. The van der Waals surface area contributed by atoms with Crippen LogP contribution in [0.5, 0.6) is 11.5 Å². The number of ether oxygens (including phenoxy) is 2. The van der Waals surface area contributed by atoms with E-state index >= 15 is 9.59 Å². The minimum atomic E-state index is -0.884. The SMILES string of the molecule is O=C(NCc1ccc(CNC(=O)C(c2ccccc2)(c2ccccc2)[C@@H]2CCN(CCc3ccc4c(c3)CCO4)C2)cc1)C(c1ccccc1)(c1ccccc1)[C@@H]1CCN(CCc2ccc3c(c2)CCO3)C1. The van der Waals surface area contributed by atoms with Crippen molar-refractivity contribution < 1.29 is 19.1 Å². The summed E-state index contributed by atoms with van der Waals surface area (Å²) in [5, 5.41) is 6.90. The molecule has 0 aliphatic carbocycles. The van der Waals surface area contributed by atoms with Gasteiger partial charge in [0, 0.05) is 52.1 Å². The number of benzene rings is 7. The summed E-state index contributed by atoms with van der Waals surface area (Å²) < 4.78 is 11.5. The molecular weight excluding hydrogens is 889 g/mol. The van der Waals surface area contributed by atoms with Gasteiger partial charge in [0.1, 0.15) is 22.3 Å². The molecule has 4 heterocycles. The fourth-order valence-corrected chi connectivity index (χ4v) is 12.5. The first-order valence-corrected chi connectivity index (χ1v) is 26.3. The smallest absolute Gasteiger partial charge is 0.235 e. The van der Waals surface area contributed by atoms with E-state index in [9.17, 15) is 0 Å². The largest absolute Gasteiger partial charge is 0.493 e. The summed E-state index contributed by atoms with van der Waals surface area (Å²) >= 11 is 0. The lowest BCUT2D eigenvalue weighted by molar-refractivity contribution is -0.128. The van der Waals surface area contributed by atoms with Crippen LogP contribution in [0.4, 0.5) is 0 Å². The summed E-state index contributed by atoms with van der Waals surface area (Å²) in [7, 11) is 0. The van der Waals surface area contributed by atoms with Gasteiger partial charge in [0.25, 0.3) is 0 Å². The molecule has 8 heteroatoms. The van der Waals surface area contributed by atoms with Crippen LogP contribution in [-0.2, 0) is 59.2 Å². The van der Waals surface area contributed by atoms with Gasteiger partial charge in [-0.05, 0) is 118 Å². The second kappa shape index (κ2) is 21.4. The Hall–Kier alpha value is -7.00. The molecule has 7 aromatic rings. The molecule has 0 radical (unpaired) electrons. The molecule has 8 nitrogen and oxygen atoms in total. The van der Waals surface area contributed by atoms with Gasteiger partial charge in [-0.2, -0.15) is 0 Å². The highest BCUT2D eigenvalue weighted by Crippen LogP contribution is 2.46. The predicted octanol–water partition coefficient (Wildman–Crippen LogP) is 9.89. The Labute approximate surface area is 425 Å². The molecule has 7 aromatic carbocycles. The van der Waals surface area contributed by atoms with Crippen LogP contribution in [0.2, 0.25) is 0 Å². The summed E-state index contributed by atoms with van der Waals surface area (Å²) in [4.78, 5) is 35.6. The van der Waals surface area contributed by atoms with Crippen LogP contribution in [0, 0.1) is 11.8 Å². The van der Waals surface area contributed by atoms with Crippen molar-refractivity contribution in [1.82, 2.24) is 20.4 Å². The number of carbonyl (C=O) groups is 2. The van der Waals surface area contributed by atoms with E-state index in [0.29, 0.717) is 13.1 Å². The molecule has 0 bridgehead atoms. The molecule has 2 atom stereocenters. The van der Waals surface area contributed by atoms with Gasteiger partial charge in [0.15, 0.2) is 0 Å². The van der Waals surface area contributed by atoms with E-state index in [1.807, 2.05) is 24.3 Å². The van der Waals surface area contributed by atoms with E-state index in [2.05, 4.69) is 178 Å². The Balaban J connectivity index is 0.786. The Morgan fingerprint density at radius 3 is 1.17 bits per heavy atom. The van der Waals surface area contributed by atoms with Crippen LogP contribution in [-0.4, -0.2) is 74.1 Å². The van der Waals surface area contributed by atoms with Gasteiger partial charge in [-0.1, -0.05) is 170 Å². The quantitative estimate of drug-likeness (QED) is 0.0892. The molecule has 0 spiro atoms. The zero-order valence-corrected chi connectivity index (χ0v) is 41.3. The molecule has 2 fully saturated rings. The van der Waals surface area contributed by atoms with Gasteiger partial charge in [-0.25, -0.2) is 0 Å². The van der Waals surface area contributed by atoms with Gasteiger partial charge >= 0.3 is 0 Å². The first-order valence-electron chi connectivity index (χ1n) is 26.3. The molecule has 0 aromatic heterocycles. The average Bonchev–Trinajstić information content (AvgIpc) is 4.30. The summed E-state index contributed by atoms with van der Waals surface area (Å²) in [6.45, 7) is 7.71. The summed E-state index contributed by atoms with van der Waals surface area (Å²) in [6.07, 6.45) is 5.70. The van der Waals surface area contributed by atoms with Crippen molar-refractivity contribution in [2.24, 2.45) is 11.8 Å². The maximum absolute atomic E-state index is 15.3. The van der Waals surface area contributed by atoms with Crippen molar-refractivity contribution >= 4 is 11.8 Å². The van der Waals surface area contributed by atoms with E-state index in [1.54, 1.807) is 0 Å². The Morgan fingerprint density at radius 2 is 0.806 bits per heavy atom. The lowest BCUT2D eigenvalue weighted by Crippen LogP contribution is -2.51. The van der Waals surface area contributed by atoms with E-state index in [-0.39, 0.29) is 23.7 Å². The van der Waals surface area contributed by atoms with E-state index in [1.165, 1.54) is 22.3 Å². The molecule has 0 saturated carbocycles. The van der Waals surface area contributed by atoms with Gasteiger partial charge in [-0.3, -0.25) is 9.59 Å². The first kappa shape index (κ1) is 47.3. The summed E-state index contributed by atoms with van der Waals surface area (Å²) in [5.41, 5.74) is 9.59. The molecule has 2 saturated heterocycles. The second-order valence-corrected chi connectivity index (χ2v) is 20.4. The second-order valence-electron chi connectivity index (χ2n) is 20.4. The van der Waals surface area contributed by atoms with Gasteiger partial charge in [0.05, 0.1) is 13.2 Å². The van der Waals surface area contributed by atoms with Gasteiger partial charge < -0.3 is 29.9 Å². The monoisotopic (exact) mass is 955 g/mol. The highest BCUT2D eigenvalue weighted by molar-refractivity contribution is 5.93. The average molecular weight is 955 g/mol. The van der Waals surface area contributed by atoms with Crippen LogP contribution in [0.15, 0.2) is 182 Å². The van der Waals surface area contributed by atoms with Crippen LogP contribution in [0.3, 0.4) is 0 Å². The van der Waals surface area contributed by atoms with E-state index in [0.717, 1.165) is 136 Å². The minimum absolute atomic E-state index is 0.0173. The molecule has 11 rings (SSSR count). The van der Waals surface area contributed by atoms with Crippen LogP contribution in [0.1, 0.15) is 68.5 Å². The number of carbonyl (C=O) groups excluding carboxylic acids is 2. The number of nitrogens with zero attached hydrogens (tertiary/aromatic N) is 2. The van der Waals surface area contributed by atoms with Crippen LogP contribution in [0.25, 0.3) is 0 Å². The highest BCUT2D eigenvalue weighted by atomic mass is 16.5. The molecule has 4 aliphatic heterocycles. The normalized spacial score (nSPS) is 17.7.